The van der Waals surface area contributed by atoms with Crippen molar-refractivity contribution in [3.8, 4) is 0 Å². The van der Waals surface area contributed by atoms with Crippen LogP contribution in [0.1, 0.15) is 20.8 Å². The average Bonchev–Trinajstić information content (AvgIpc) is 3.15. The van der Waals surface area contributed by atoms with Crippen molar-refractivity contribution in [2.24, 2.45) is 0 Å². The number of hydrogen-bond donors (Lipinski definition) is 2. The van der Waals surface area contributed by atoms with Gasteiger partial charge >= 0.3 is 5.97 Å². The first-order valence-electron chi connectivity index (χ1n) is 8.57. The zero-order valence-corrected chi connectivity index (χ0v) is 18.9. The molecule has 0 aliphatic heterocycles. The highest BCUT2D eigenvalue weighted by Gasteiger charge is 2.25. The van der Waals surface area contributed by atoms with Crippen molar-refractivity contribution in [2.75, 3.05) is 17.7 Å². The van der Waals surface area contributed by atoms with Gasteiger partial charge in [-0.3, -0.25) is 0 Å². The molecule has 4 nitrogen and oxygen atoms in total. The fraction of sp³-hybridized carbons (Fsp3) is 0.100. The monoisotopic (exact) mass is 532 g/mol. The highest BCUT2D eigenvalue weighted by molar-refractivity contribution is 9.10. The summed E-state index contributed by atoms with van der Waals surface area (Å²) in [7, 11) is 1.20. The van der Waals surface area contributed by atoms with Crippen LogP contribution in [0.25, 0.3) is 0 Å². The molecule has 2 aromatic carbocycles. The molecule has 2 N–H and O–H groups in total. The maximum Gasteiger partial charge on any atom is 0.340 e. The standard InChI is InChI=1S/C20H13BrF4N2O2S2/c1-29-19(28)11-8-10(7-9-5-3-2-4-6-9)31-18(11)27-20(30)26-17-15(24)13(22)12(21)14(23)16(17)25/h2-6,8H,7H2,1H3,(H2,26,27,30). The fourth-order valence-electron chi connectivity index (χ4n) is 2.64. The van der Waals surface area contributed by atoms with Crippen LogP contribution in [-0.2, 0) is 11.2 Å². The Morgan fingerprint density at radius 3 is 2.26 bits per heavy atom. The molecule has 0 saturated heterocycles. The molecular weight excluding hydrogens is 520 g/mol. The van der Waals surface area contributed by atoms with Crippen molar-refractivity contribution in [3.05, 3.63) is 80.1 Å². The molecule has 0 atom stereocenters. The summed E-state index contributed by atoms with van der Waals surface area (Å²) in [6.07, 6.45) is 0.518. The minimum Gasteiger partial charge on any atom is -0.465 e. The van der Waals surface area contributed by atoms with Crippen LogP contribution in [0.4, 0.5) is 28.3 Å². The smallest absolute Gasteiger partial charge is 0.340 e. The maximum atomic E-state index is 14.1. The van der Waals surface area contributed by atoms with Crippen LogP contribution < -0.4 is 10.6 Å². The van der Waals surface area contributed by atoms with E-state index in [9.17, 15) is 22.4 Å². The summed E-state index contributed by atoms with van der Waals surface area (Å²) in [4.78, 5) is 12.9. The molecule has 3 aromatic rings. The second-order valence-electron chi connectivity index (χ2n) is 6.13. The van der Waals surface area contributed by atoms with E-state index in [-0.39, 0.29) is 15.7 Å². The van der Waals surface area contributed by atoms with Crippen LogP contribution in [0, 0.1) is 23.3 Å². The number of nitrogens with one attached hydrogen (secondary N) is 2. The number of hydrogen-bond acceptors (Lipinski definition) is 4. The van der Waals surface area contributed by atoms with Gasteiger partial charge in [-0.15, -0.1) is 11.3 Å². The number of carbonyl (C=O) groups is 1. The third kappa shape index (κ3) is 5.05. The van der Waals surface area contributed by atoms with Crippen molar-refractivity contribution >= 4 is 61.3 Å². The number of thiophene rings is 1. The van der Waals surface area contributed by atoms with Crippen molar-refractivity contribution in [2.45, 2.75) is 6.42 Å². The van der Waals surface area contributed by atoms with Crippen molar-refractivity contribution in [1.29, 1.82) is 0 Å². The highest BCUT2D eigenvalue weighted by atomic mass is 79.9. The number of carbonyl (C=O) groups excluding carboxylic acids is 1. The van der Waals surface area contributed by atoms with Gasteiger partial charge in [-0.05, 0) is 39.8 Å². The van der Waals surface area contributed by atoms with E-state index < -0.39 is 39.4 Å². The van der Waals surface area contributed by atoms with Gasteiger partial charge in [0.15, 0.2) is 28.4 Å². The summed E-state index contributed by atoms with van der Waals surface area (Å²) in [6.45, 7) is 0. The Labute approximate surface area is 192 Å². The molecule has 31 heavy (non-hydrogen) atoms. The lowest BCUT2D eigenvalue weighted by molar-refractivity contribution is 0.0602. The van der Waals surface area contributed by atoms with Gasteiger partial charge in [0.1, 0.15) is 10.7 Å². The average molecular weight is 533 g/mol. The van der Waals surface area contributed by atoms with E-state index in [1.165, 1.54) is 18.4 Å². The van der Waals surface area contributed by atoms with E-state index in [0.29, 0.717) is 6.42 Å². The normalized spacial score (nSPS) is 10.6. The molecular formula is C20H13BrF4N2O2S2. The summed E-state index contributed by atoms with van der Waals surface area (Å²) in [6, 6.07) is 11.1. The van der Waals surface area contributed by atoms with Gasteiger partial charge in [0, 0.05) is 11.3 Å². The topological polar surface area (TPSA) is 50.4 Å². The summed E-state index contributed by atoms with van der Waals surface area (Å²) in [5.74, 6) is -7.18. The van der Waals surface area contributed by atoms with Crippen LogP contribution in [0.5, 0.6) is 0 Å². The Morgan fingerprint density at radius 1 is 1.06 bits per heavy atom. The molecule has 0 unspecified atom stereocenters. The maximum absolute atomic E-state index is 14.1. The van der Waals surface area contributed by atoms with Gasteiger partial charge < -0.3 is 15.4 Å². The number of ether oxygens (including phenoxy) is 1. The zero-order valence-electron chi connectivity index (χ0n) is 15.7. The van der Waals surface area contributed by atoms with Crippen LogP contribution in [0.15, 0.2) is 40.9 Å². The predicted molar refractivity (Wildman–Crippen MR) is 119 cm³/mol. The predicted octanol–water partition coefficient (Wildman–Crippen LogP) is 6.25. The van der Waals surface area contributed by atoms with Crippen LogP contribution >= 0.6 is 39.5 Å². The Hall–Kier alpha value is -2.50. The molecule has 0 radical (unpaired) electrons. The molecule has 0 spiro atoms. The van der Waals surface area contributed by atoms with Gasteiger partial charge in [-0.25, -0.2) is 22.4 Å². The van der Waals surface area contributed by atoms with E-state index in [4.69, 9.17) is 17.0 Å². The van der Waals surface area contributed by atoms with Crippen LogP contribution in [0.3, 0.4) is 0 Å². The number of thiocarbonyl (C=S) groups is 1. The Kier molecular flexibility index (Phi) is 7.29. The van der Waals surface area contributed by atoms with Gasteiger partial charge in [0.25, 0.3) is 0 Å². The molecule has 0 amide bonds. The summed E-state index contributed by atoms with van der Waals surface area (Å²) < 4.78 is 59.4. The second kappa shape index (κ2) is 9.75. The third-order valence-corrected chi connectivity index (χ3v) is 6.04. The van der Waals surface area contributed by atoms with Crippen molar-refractivity contribution < 1.29 is 27.1 Å². The molecule has 0 bridgehead atoms. The first kappa shape index (κ1) is 23.2. The number of benzene rings is 2. The quantitative estimate of drug-likeness (QED) is 0.134. The Bertz CT molecular complexity index is 1130. The van der Waals surface area contributed by atoms with Gasteiger partial charge in [-0.1, -0.05) is 30.3 Å². The third-order valence-electron chi connectivity index (χ3n) is 4.08. The lowest BCUT2D eigenvalue weighted by atomic mass is 10.1. The molecule has 1 heterocycles. The summed E-state index contributed by atoms with van der Waals surface area (Å²) in [5, 5.41) is 4.61. The molecule has 162 valence electrons. The number of anilines is 2. The molecule has 0 fully saturated rings. The molecule has 0 aliphatic carbocycles. The first-order valence-corrected chi connectivity index (χ1v) is 10.6. The number of methoxy groups -OCH3 is 1. The molecule has 11 heteroatoms. The lowest BCUT2D eigenvalue weighted by Gasteiger charge is -2.13. The van der Waals surface area contributed by atoms with E-state index in [1.54, 1.807) is 6.07 Å². The van der Waals surface area contributed by atoms with Crippen LogP contribution in [0.2, 0.25) is 0 Å². The van der Waals surface area contributed by atoms with Gasteiger partial charge in [-0.2, -0.15) is 0 Å². The van der Waals surface area contributed by atoms with Crippen molar-refractivity contribution in [1.82, 2.24) is 0 Å². The van der Waals surface area contributed by atoms with Gasteiger partial charge in [0.05, 0.1) is 17.1 Å². The summed E-state index contributed by atoms with van der Waals surface area (Å²) in [5.41, 5.74) is 0.0467. The molecule has 0 aliphatic rings. The van der Waals surface area contributed by atoms with Gasteiger partial charge in [0.2, 0.25) is 0 Å². The van der Waals surface area contributed by atoms with Crippen LogP contribution in [-0.4, -0.2) is 18.2 Å². The number of esters is 1. The van der Waals surface area contributed by atoms with E-state index in [1.807, 2.05) is 30.3 Å². The summed E-state index contributed by atoms with van der Waals surface area (Å²) >= 11 is 8.63. The second-order valence-corrected chi connectivity index (χ2v) is 8.47. The molecule has 1 aromatic heterocycles. The minimum absolute atomic E-state index is 0.150. The lowest BCUT2D eigenvalue weighted by Crippen LogP contribution is -2.22. The SMILES string of the molecule is COC(=O)c1cc(Cc2ccccc2)sc1NC(=S)Nc1c(F)c(F)c(Br)c(F)c1F. The minimum atomic E-state index is -1.65. The first-order chi connectivity index (χ1) is 14.7. The fourth-order valence-corrected chi connectivity index (χ4v) is 4.34. The number of halogens is 5. The number of rotatable bonds is 5. The van der Waals surface area contributed by atoms with E-state index in [0.717, 1.165) is 10.4 Å². The van der Waals surface area contributed by atoms with E-state index >= 15 is 0 Å². The molecule has 3 rings (SSSR count). The zero-order chi connectivity index (χ0) is 22.7. The Morgan fingerprint density at radius 2 is 1.68 bits per heavy atom. The highest BCUT2D eigenvalue weighted by Crippen LogP contribution is 2.33. The largest absolute Gasteiger partial charge is 0.465 e. The molecule has 0 saturated carbocycles. The van der Waals surface area contributed by atoms with E-state index in [2.05, 4.69) is 26.6 Å². The Balaban J connectivity index is 1.86. The van der Waals surface area contributed by atoms with Crippen molar-refractivity contribution in [3.63, 3.8) is 0 Å².